The number of benzene rings is 1. The zero-order valence-corrected chi connectivity index (χ0v) is 17.8. The molecule has 32 heavy (non-hydrogen) atoms. The molecule has 2 fully saturated rings. The summed E-state index contributed by atoms with van der Waals surface area (Å²) in [6, 6.07) is 9.58. The van der Waals surface area contributed by atoms with Gasteiger partial charge in [0.25, 0.3) is 0 Å². The average Bonchev–Trinajstić information content (AvgIpc) is 3.45. The molecule has 2 aromatic rings. The number of pyridine rings is 1. The number of halogens is 3. The van der Waals surface area contributed by atoms with Crippen LogP contribution < -0.4 is 9.64 Å². The molecule has 4 rings (SSSR count). The zero-order valence-electron chi connectivity index (χ0n) is 17.8. The Bertz CT molecular complexity index is 932. The molecule has 1 aromatic carbocycles. The smallest absolute Gasteiger partial charge is 0.433 e. The molecule has 0 N–H and O–H groups in total. The van der Waals surface area contributed by atoms with Crippen LogP contribution in [-0.4, -0.2) is 55.2 Å². The number of anilines is 1. The Hall–Kier alpha value is -2.81. The van der Waals surface area contributed by atoms with Gasteiger partial charge in [-0.15, -0.1) is 0 Å². The maximum atomic E-state index is 12.7. The zero-order chi connectivity index (χ0) is 22.7. The molecule has 1 atom stereocenters. The minimum Gasteiger partial charge on any atom is -0.456 e. The fourth-order valence-corrected chi connectivity index (χ4v) is 3.68. The topological polar surface area (TPSA) is 54.9 Å². The largest absolute Gasteiger partial charge is 0.456 e. The van der Waals surface area contributed by atoms with Gasteiger partial charge in [-0.3, -0.25) is 4.79 Å². The second kappa shape index (κ2) is 9.36. The molecule has 0 bridgehead atoms. The average molecular weight is 449 g/mol. The number of likely N-dealkylation sites (N-methyl/N-ethyl adjacent to an activating group) is 1. The van der Waals surface area contributed by atoms with Gasteiger partial charge < -0.3 is 19.3 Å². The number of amides is 1. The molecule has 1 aliphatic heterocycles. The molecular weight excluding hydrogens is 423 g/mol. The van der Waals surface area contributed by atoms with Crippen molar-refractivity contribution in [3.8, 4) is 11.5 Å². The molecule has 2 aliphatic rings. The van der Waals surface area contributed by atoms with E-state index in [4.69, 9.17) is 9.47 Å². The van der Waals surface area contributed by atoms with E-state index in [0.29, 0.717) is 24.8 Å². The van der Waals surface area contributed by atoms with Crippen molar-refractivity contribution in [3.05, 3.63) is 48.3 Å². The molecule has 2 heterocycles. The van der Waals surface area contributed by atoms with Gasteiger partial charge in [0.15, 0.2) is 0 Å². The van der Waals surface area contributed by atoms with Crippen LogP contribution in [0, 0.1) is 5.92 Å². The van der Waals surface area contributed by atoms with Gasteiger partial charge >= 0.3 is 6.18 Å². The van der Waals surface area contributed by atoms with Crippen molar-refractivity contribution in [3.63, 3.8) is 0 Å². The number of hydrogen-bond donors (Lipinski definition) is 0. The summed E-state index contributed by atoms with van der Waals surface area (Å²) in [4.78, 5) is 19.8. The van der Waals surface area contributed by atoms with E-state index in [9.17, 15) is 18.0 Å². The first-order valence-corrected chi connectivity index (χ1v) is 10.7. The van der Waals surface area contributed by atoms with Gasteiger partial charge in [-0.25, -0.2) is 4.98 Å². The lowest BCUT2D eigenvalue weighted by atomic mass is 10.2. The van der Waals surface area contributed by atoms with E-state index in [1.807, 2.05) is 25.2 Å². The second-order valence-electron chi connectivity index (χ2n) is 8.33. The van der Waals surface area contributed by atoms with Crippen molar-refractivity contribution in [2.24, 2.45) is 5.92 Å². The molecule has 9 heteroatoms. The predicted molar refractivity (Wildman–Crippen MR) is 113 cm³/mol. The van der Waals surface area contributed by atoms with Gasteiger partial charge in [0, 0.05) is 31.9 Å². The molecule has 1 saturated heterocycles. The van der Waals surface area contributed by atoms with E-state index < -0.39 is 11.9 Å². The van der Waals surface area contributed by atoms with E-state index in [2.05, 4.69) is 9.88 Å². The lowest BCUT2D eigenvalue weighted by molar-refractivity contribution is -0.141. The van der Waals surface area contributed by atoms with Crippen molar-refractivity contribution in [2.75, 3.05) is 38.3 Å². The summed E-state index contributed by atoms with van der Waals surface area (Å²) in [7, 11) is 1.81. The third kappa shape index (κ3) is 5.70. The van der Waals surface area contributed by atoms with Crippen LogP contribution in [-0.2, 0) is 15.7 Å². The number of rotatable bonds is 8. The Morgan fingerprint density at radius 1 is 1.19 bits per heavy atom. The molecule has 1 aromatic heterocycles. The Morgan fingerprint density at radius 2 is 2.00 bits per heavy atom. The molecule has 172 valence electrons. The fraction of sp³-hybridized carbons (Fsp3) is 0.478. The maximum Gasteiger partial charge on any atom is 0.433 e. The third-order valence-electron chi connectivity index (χ3n) is 5.83. The van der Waals surface area contributed by atoms with E-state index in [-0.39, 0.29) is 24.3 Å². The molecule has 1 saturated carbocycles. The predicted octanol–water partition coefficient (Wildman–Crippen LogP) is 4.36. The highest BCUT2D eigenvalue weighted by atomic mass is 19.4. The van der Waals surface area contributed by atoms with Crippen molar-refractivity contribution < 1.29 is 27.4 Å². The lowest BCUT2D eigenvalue weighted by Gasteiger charge is -2.25. The quantitative estimate of drug-likeness (QED) is 0.600. The SMILES string of the molecule is CN(C(=O)COCC1CC1)[C@H]1CCN(c2cccc(Oc3ccc(C(F)(F)F)nc3)c2)C1. The number of hydrogen-bond acceptors (Lipinski definition) is 5. The van der Waals surface area contributed by atoms with E-state index in [1.54, 1.807) is 11.0 Å². The Morgan fingerprint density at radius 3 is 2.69 bits per heavy atom. The lowest BCUT2D eigenvalue weighted by Crippen LogP contribution is -2.41. The van der Waals surface area contributed by atoms with Gasteiger partial charge in [0.2, 0.25) is 5.91 Å². The molecule has 1 amide bonds. The number of ether oxygens (including phenoxy) is 2. The van der Waals surface area contributed by atoms with Gasteiger partial charge in [-0.1, -0.05) is 6.07 Å². The standard InChI is InChI=1S/C23H26F3N3O3/c1-28(22(30)15-31-14-16-5-6-16)18-9-10-29(13-18)17-3-2-4-19(11-17)32-20-7-8-21(27-12-20)23(24,25)26/h2-4,7-8,11-12,16,18H,5-6,9-10,13-15H2,1H3/t18-/m0/s1. The summed E-state index contributed by atoms with van der Waals surface area (Å²) < 4.78 is 49.2. The maximum absolute atomic E-state index is 12.7. The minimum absolute atomic E-state index is 0.00983. The summed E-state index contributed by atoms with van der Waals surface area (Å²) in [5, 5.41) is 0. The molecular formula is C23H26F3N3O3. The van der Waals surface area contributed by atoms with E-state index in [1.165, 1.54) is 18.9 Å². The Kier molecular flexibility index (Phi) is 6.55. The summed E-state index contributed by atoms with van der Waals surface area (Å²) in [5.74, 6) is 1.35. The highest BCUT2D eigenvalue weighted by molar-refractivity contribution is 5.77. The van der Waals surface area contributed by atoms with Crippen LogP contribution in [0.3, 0.4) is 0 Å². The van der Waals surface area contributed by atoms with Crippen LogP contribution in [0.25, 0.3) is 0 Å². The molecule has 0 unspecified atom stereocenters. The Labute approximate surface area is 184 Å². The number of alkyl halides is 3. The molecule has 0 spiro atoms. The van der Waals surface area contributed by atoms with E-state index >= 15 is 0 Å². The second-order valence-corrected chi connectivity index (χ2v) is 8.33. The number of nitrogens with zero attached hydrogens (tertiary/aromatic N) is 3. The summed E-state index contributed by atoms with van der Waals surface area (Å²) in [6.45, 7) is 2.26. The first-order valence-electron chi connectivity index (χ1n) is 10.7. The number of carbonyl (C=O) groups excluding carboxylic acids is 1. The van der Waals surface area contributed by atoms with Crippen LogP contribution in [0.2, 0.25) is 0 Å². The van der Waals surface area contributed by atoms with E-state index in [0.717, 1.165) is 30.9 Å². The van der Waals surface area contributed by atoms with Crippen LogP contribution in [0.1, 0.15) is 25.0 Å². The minimum atomic E-state index is -4.48. The van der Waals surface area contributed by atoms with Crippen molar-refractivity contribution >= 4 is 11.6 Å². The highest BCUT2D eigenvalue weighted by Gasteiger charge is 2.32. The fourth-order valence-electron chi connectivity index (χ4n) is 3.68. The normalized spacial score (nSPS) is 18.6. The number of carbonyl (C=O) groups is 1. The van der Waals surface area contributed by atoms with Crippen molar-refractivity contribution in [2.45, 2.75) is 31.5 Å². The number of aromatic nitrogens is 1. The van der Waals surface area contributed by atoms with Crippen molar-refractivity contribution in [1.82, 2.24) is 9.88 Å². The monoisotopic (exact) mass is 449 g/mol. The van der Waals surface area contributed by atoms with Crippen LogP contribution >= 0.6 is 0 Å². The molecule has 6 nitrogen and oxygen atoms in total. The first kappa shape index (κ1) is 22.4. The summed E-state index contributed by atoms with van der Waals surface area (Å²) in [5.41, 5.74) is -0.0333. The highest BCUT2D eigenvalue weighted by Crippen LogP contribution is 2.31. The molecule has 0 radical (unpaired) electrons. The summed E-state index contributed by atoms with van der Waals surface area (Å²) >= 11 is 0. The van der Waals surface area contributed by atoms with Crippen LogP contribution in [0.15, 0.2) is 42.6 Å². The van der Waals surface area contributed by atoms with Crippen molar-refractivity contribution in [1.29, 1.82) is 0 Å². The van der Waals surface area contributed by atoms with Gasteiger partial charge in [-0.05, 0) is 49.4 Å². The summed E-state index contributed by atoms with van der Waals surface area (Å²) in [6.07, 6.45) is -0.186. The van der Waals surface area contributed by atoms with Gasteiger partial charge in [0.05, 0.1) is 18.8 Å². The Balaban J connectivity index is 1.32. The van der Waals surface area contributed by atoms with Crippen LogP contribution in [0.5, 0.6) is 11.5 Å². The third-order valence-corrected chi connectivity index (χ3v) is 5.83. The van der Waals surface area contributed by atoms with Gasteiger partial charge in [0.1, 0.15) is 23.8 Å². The van der Waals surface area contributed by atoms with Crippen LogP contribution in [0.4, 0.5) is 18.9 Å². The first-order chi connectivity index (χ1) is 15.3. The molecule has 1 aliphatic carbocycles. The van der Waals surface area contributed by atoms with Gasteiger partial charge in [-0.2, -0.15) is 13.2 Å².